The van der Waals surface area contributed by atoms with Crippen molar-refractivity contribution in [3.05, 3.63) is 0 Å². The lowest BCUT2D eigenvalue weighted by molar-refractivity contribution is -0.192. The van der Waals surface area contributed by atoms with Gasteiger partial charge in [0.25, 0.3) is 0 Å². The molecule has 0 aromatic rings. The second-order valence-corrected chi connectivity index (χ2v) is 7.47. The zero-order valence-corrected chi connectivity index (χ0v) is 13.8. The highest BCUT2D eigenvalue weighted by Crippen LogP contribution is 2.40. The molecule has 1 saturated heterocycles. The van der Waals surface area contributed by atoms with Crippen LogP contribution < -0.4 is 5.73 Å². The average Bonchev–Trinajstić information content (AvgIpc) is 2.85. The number of nitrogens with zero attached hydrogens (tertiary/aromatic N) is 2. The lowest BCUT2D eigenvalue weighted by atomic mass is 9.74. The van der Waals surface area contributed by atoms with Crippen molar-refractivity contribution < 1.29 is 9.47 Å². The summed E-state index contributed by atoms with van der Waals surface area (Å²) in [6.45, 7) is 2.55. The first-order valence-electron chi connectivity index (χ1n) is 8.38. The predicted molar refractivity (Wildman–Crippen MR) is 83.1 cm³/mol. The van der Waals surface area contributed by atoms with Crippen molar-refractivity contribution in [2.75, 3.05) is 40.9 Å². The van der Waals surface area contributed by atoms with Gasteiger partial charge in [0.05, 0.1) is 13.2 Å². The molecule has 1 heterocycles. The maximum absolute atomic E-state index is 6.42. The van der Waals surface area contributed by atoms with E-state index >= 15 is 0 Å². The van der Waals surface area contributed by atoms with Gasteiger partial charge in [-0.2, -0.15) is 0 Å². The zero-order valence-electron chi connectivity index (χ0n) is 13.8. The Morgan fingerprint density at radius 3 is 2.29 bits per heavy atom. The van der Waals surface area contributed by atoms with Crippen LogP contribution in [0, 0.1) is 0 Å². The molecule has 0 aromatic carbocycles. The minimum absolute atomic E-state index is 0.229. The summed E-state index contributed by atoms with van der Waals surface area (Å²) in [6, 6.07) is 0.585. The van der Waals surface area contributed by atoms with Crippen LogP contribution in [0.2, 0.25) is 0 Å². The number of hydrogen-bond acceptors (Lipinski definition) is 5. The highest BCUT2D eigenvalue weighted by molar-refractivity contribution is 5.01. The molecule has 5 heteroatoms. The first-order chi connectivity index (χ1) is 9.96. The van der Waals surface area contributed by atoms with Gasteiger partial charge in [-0.15, -0.1) is 0 Å². The lowest BCUT2D eigenvalue weighted by Crippen LogP contribution is -2.62. The molecular formula is C16H31N3O2. The molecule has 3 fully saturated rings. The summed E-state index contributed by atoms with van der Waals surface area (Å²) in [5.74, 6) is -0.348. The topological polar surface area (TPSA) is 51.0 Å². The number of ether oxygens (including phenoxy) is 2. The summed E-state index contributed by atoms with van der Waals surface area (Å²) >= 11 is 0. The fourth-order valence-corrected chi connectivity index (χ4v) is 4.31. The quantitative estimate of drug-likeness (QED) is 0.840. The molecule has 3 rings (SSSR count). The molecule has 122 valence electrons. The Labute approximate surface area is 128 Å². The Bertz CT molecular complexity index is 365. The van der Waals surface area contributed by atoms with Gasteiger partial charge in [-0.3, -0.25) is 4.90 Å². The molecule has 5 nitrogen and oxygen atoms in total. The number of likely N-dealkylation sites (N-methyl/N-ethyl adjacent to an activating group) is 2. The molecule has 2 saturated carbocycles. The van der Waals surface area contributed by atoms with Gasteiger partial charge in [0.1, 0.15) is 0 Å². The molecule has 3 aliphatic rings. The molecule has 21 heavy (non-hydrogen) atoms. The van der Waals surface area contributed by atoms with E-state index in [2.05, 4.69) is 30.9 Å². The molecule has 0 radical (unpaired) electrons. The van der Waals surface area contributed by atoms with Crippen LogP contribution in [0.5, 0.6) is 0 Å². The SMILES string of the molecule is CN(CC1(N(C)C)CCC1)C1CC2(CCC1N)OCCO2. The van der Waals surface area contributed by atoms with Crippen molar-refractivity contribution in [1.29, 1.82) is 0 Å². The highest BCUT2D eigenvalue weighted by Gasteiger charge is 2.47. The number of hydrogen-bond donors (Lipinski definition) is 1. The van der Waals surface area contributed by atoms with E-state index in [4.69, 9.17) is 15.2 Å². The third-order valence-electron chi connectivity index (χ3n) is 6.03. The maximum Gasteiger partial charge on any atom is 0.170 e. The van der Waals surface area contributed by atoms with Gasteiger partial charge in [0.15, 0.2) is 5.79 Å². The van der Waals surface area contributed by atoms with Crippen molar-refractivity contribution in [2.45, 2.75) is 61.9 Å². The van der Waals surface area contributed by atoms with E-state index in [-0.39, 0.29) is 11.8 Å². The van der Waals surface area contributed by atoms with E-state index in [1.165, 1.54) is 19.3 Å². The second-order valence-electron chi connectivity index (χ2n) is 7.47. The lowest BCUT2D eigenvalue weighted by Gasteiger charge is -2.52. The predicted octanol–water partition coefficient (Wildman–Crippen LogP) is 1.03. The molecule has 0 amide bonds. The Balaban J connectivity index is 1.66. The molecule has 0 bridgehead atoms. The Hall–Kier alpha value is -0.200. The van der Waals surface area contributed by atoms with Gasteiger partial charge in [0, 0.05) is 37.0 Å². The molecule has 2 N–H and O–H groups in total. The van der Waals surface area contributed by atoms with Gasteiger partial charge in [-0.25, -0.2) is 0 Å². The van der Waals surface area contributed by atoms with Gasteiger partial charge >= 0.3 is 0 Å². The van der Waals surface area contributed by atoms with E-state index in [0.717, 1.165) is 39.0 Å². The Morgan fingerprint density at radius 2 is 1.76 bits per heavy atom. The van der Waals surface area contributed by atoms with Crippen LogP contribution in [-0.4, -0.2) is 74.1 Å². The van der Waals surface area contributed by atoms with Crippen LogP contribution in [0.25, 0.3) is 0 Å². The van der Waals surface area contributed by atoms with Crippen molar-refractivity contribution in [2.24, 2.45) is 5.73 Å². The summed E-state index contributed by atoms with van der Waals surface area (Å²) in [5.41, 5.74) is 6.76. The van der Waals surface area contributed by atoms with Crippen LogP contribution in [0.15, 0.2) is 0 Å². The summed E-state index contributed by atoms with van der Waals surface area (Å²) in [4.78, 5) is 4.87. The standard InChI is InChI=1S/C16H31N3O2/c1-18(2)15(6-4-7-15)12-19(3)14-11-16(8-5-13(14)17)20-9-10-21-16/h13-14H,4-12,17H2,1-3H3. The molecular weight excluding hydrogens is 266 g/mol. The van der Waals surface area contributed by atoms with Crippen LogP contribution in [0.4, 0.5) is 0 Å². The molecule has 1 aliphatic heterocycles. The fourth-order valence-electron chi connectivity index (χ4n) is 4.31. The molecule has 2 unspecified atom stereocenters. The van der Waals surface area contributed by atoms with Crippen LogP contribution in [0.3, 0.4) is 0 Å². The first-order valence-corrected chi connectivity index (χ1v) is 8.38. The van der Waals surface area contributed by atoms with Crippen molar-refractivity contribution in [3.8, 4) is 0 Å². The summed E-state index contributed by atoms with van der Waals surface area (Å²) in [6.07, 6.45) is 6.78. The third kappa shape index (κ3) is 2.86. The van der Waals surface area contributed by atoms with Crippen molar-refractivity contribution >= 4 is 0 Å². The summed E-state index contributed by atoms with van der Waals surface area (Å²) in [7, 11) is 6.64. The van der Waals surface area contributed by atoms with E-state index in [1.807, 2.05) is 0 Å². The van der Waals surface area contributed by atoms with Gasteiger partial charge in [-0.05, 0) is 46.8 Å². The van der Waals surface area contributed by atoms with Crippen LogP contribution in [0.1, 0.15) is 38.5 Å². The van der Waals surface area contributed by atoms with E-state index in [9.17, 15) is 0 Å². The molecule has 0 aromatic heterocycles. The van der Waals surface area contributed by atoms with E-state index in [0.29, 0.717) is 11.6 Å². The van der Waals surface area contributed by atoms with Crippen LogP contribution in [-0.2, 0) is 9.47 Å². The maximum atomic E-state index is 6.42. The van der Waals surface area contributed by atoms with Crippen molar-refractivity contribution in [1.82, 2.24) is 9.80 Å². The van der Waals surface area contributed by atoms with E-state index in [1.54, 1.807) is 0 Å². The van der Waals surface area contributed by atoms with Gasteiger partial charge in [0.2, 0.25) is 0 Å². The largest absolute Gasteiger partial charge is 0.347 e. The zero-order chi connectivity index (χ0) is 15.1. The third-order valence-corrected chi connectivity index (χ3v) is 6.03. The minimum atomic E-state index is -0.348. The first kappa shape index (κ1) is 15.7. The average molecular weight is 297 g/mol. The number of rotatable bonds is 4. The normalized spacial score (nSPS) is 34.6. The Morgan fingerprint density at radius 1 is 1.10 bits per heavy atom. The second kappa shape index (κ2) is 5.78. The Kier molecular flexibility index (Phi) is 4.32. The van der Waals surface area contributed by atoms with Crippen molar-refractivity contribution in [3.63, 3.8) is 0 Å². The van der Waals surface area contributed by atoms with E-state index < -0.39 is 0 Å². The highest BCUT2D eigenvalue weighted by atomic mass is 16.7. The summed E-state index contributed by atoms with van der Waals surface area (Å²) < 4.78 is 11.8. The van der Waals surface area contributed by atoms with Gasteiger partial charge in [-0.1, -0.05) is 0 Å². The molecule has 1 spiro atoms. The monoisotopic (exact) mass is 297 g/mol. The molecule has 2 atom stereocenters. The number of nitrogens with two attached hydrogens (primary N) is 1. The molecule has 2 aliphatic carbocycles. The van der Waals surface area contributed by atoms with Gasteiger partial charge < -0.3 is 20.1 Å². The smallest absolute Gasteiger partial charge is 0.170 e. The van der Waals surface area contributed by atoms with Crippen LogP contribution >= 0.6 is 0 Å². The minimum Gasteiger partial charge on any atom is -0.347 e. The fraction of sp³-hybridized carbons (Fsp3) is 1.00. The summed E-state index contributed by atoms with van der Waals surface area (Å²) in [5, 5.41) is 0.